The summed E-state index contributed by atoms with van der Waals surface area (Å²) >= 11 is 1.52. The fraction of sp³-hybridized carbons (Fsp3) is 0.167. The molecule has 0 saturated heterocycles. The van der Waals surface area contributed by atoms with Crippen molar-refractivity contribution in [2.75, 3.05) is 7.11 Å². The van der Waals surface area contributed by atoms with Gasteiger partial charge in [0.1, 0.15) is 5.75 Å². The third-order valence-electron chi connectivity index (χ3n) is 3.65. The zero-order valence-corrected chi connectivity index (χ0v) is 12.9. The normalized spacial score (nSPS) is 10.8. The number of rotatable bonds is 4. The highest BCUT2D eigenvalue weighted by Crippen LogP contribution is 2.26. The largest absolute Gasteiger partial charge is 0.497 e. The highest BCUT2D eigenvalue weighted by atomic mass is 32.1. The van der Waals surface area contributed by atoms with Gasteiger partial charge in [0.25, 0.3) is 0 Å². The highest BCUT2D eigenvalue weighted by molar-refractivity contribution is 7.12. The zero-order chi connectivity index (χ0) is 14.8. The lowest BCUT2D eigenvalue weighted by Gasteiger charge is -2.08. The monoisotopic (exact) mass is 296 g/mol. The number of methoxy groups -OCH3 is 1. The number of hydrogen-bond acceptors (Lipinski definition) is 3. The van der Waals surface area contributed by atoms with E-state index in [0.29, 0.717) is 6.42 Å². The molecule has 3 heteroatoms. The Morgan fingerprint density at radius 2 is 2.05 bits per heavy atom. The Balaban J connectivity index is 2.00. The summed E-state index contributed by atoms with van der Waals surface area (Å²) in [6.45, 7) is 1.98. The van der Waals surface area contributed by atoms with Crippen LogP contribution in [0.5, 0.6) is 5.75 Å². The van der Waals surface area contributed by atoms with Crippen molar-refractivity contribution in [2.24, 2.45) is 0 Å². The van der Waals surface area contributed by atoms with Crippen molar-refractivity contribution in [1.29, 1.82) is 0 Å². The first-order valence-electron chi connectivity index (χ1n) is 6.82. The van der Waals surface area contributed by atoms with Gasteiger partial charge >= 0.3 is 0 Å². The van der Waals surface area contributed by atoms with Crippen molar-refractivity contribution in [3.8, 4) is 5.75 Å². The van der Waals surface area contributed by atoms with Gasteiger partial charge in [0.05, 0.1) is 12.0 Å². The third kappa shape index (κ3) is 2.69. The molecule has 1 heterocycles. The van der Waals surface area contributed by atoms with Crippen LogP contribution in [0.3, 0.4) is 0 Å². The first kappa shape index (κ1) is 13.8. The zero-order valence-electron chi connectivity index (χ0n) is 12.1. The molecule has 2 aromatic carbocycles. The van der Waals surface area contributed by atoms with Gasteiger partial charge in [0.2, 0.25) is 0 Å². The molecular weight excluding hydrogens is 280 g/mol. The maximum Gasteiger partial charge on any atom is 0.177 e. The maximum atomic E-state index is 12.5. The summed E-state index contributed by atoms with van der Waals surface area (Å²) in [6, 6.07) is 14.0. The smallest absolute Gasteiger partial charge is 0.177 e. The van der Waals surface area contributed by atoms with Gasteiger partial charge in [-0.3, -0.25) is 4.79 Å². The first-order chi connectivity index (χ1) is 10.2. The Bertz CT molecular complexity index is 802. The molecule has 0 amide bonds. The first-order valence-corrected chi connectivity index (χ1v) is 7.70. The molecule has 3 aromatic rings. The van der Waals surface area contributed by atoms with E-state index in [-0.39, 0.29) is 5.78 Å². The van der Waals surface area contributed by atoms with Crippen LogP contribution in [0, 0.1) is 6.92 Å². The van der Waals surface area contributed by atoms with E-state index in [0.717, 1.165) is 32.5 Å². The van der Waals surface area contributed by atoms with E-state index in [2.05, 4.69) is 6.07 Å². The van der Waals surface area contributed by atoms with Crippen LogP contribution in [0.2, 0.25) is 0 Å². The Kier molecular flexibility index (Phi) is 3.76. The molecule has 0 saturated carbocycles. The SMILES string of the molecule is COc1ccc2cccc(CC(=O)c3sccc3C)c2c1. The Morgan fingerprint density at radius 1 is 1.19 bits per heavy atom. The topological polar surface area (TPSA) is 26.3 Å². The van der Waals surface area contributed by atoms with Gasteiger partial charge in [-0.2, -0.15) is 0 Å². The molecule has 0 unspecified atom stereocenters. The fourth-order valence-electron chi connectivity index (χ4n) is 2.51. The Morgan fingerprint density at radius 3 is 2.76 bits per heavy atom. The molecule has 0 aliphatic heterocycles. The lowest BCUT2D eigenvalue weighted by atomic mass is 9.99. The number of benzene rings is 2. The van der Waals surface area contributed by atoms with Crippen LogP contribution < -0.4 is 4.74 Å². The van der Waals surface area contributed by atoms with Gasteiger partial charge < -0.3 is 4.74 Å². The van der Waals surface area contributed by atoms with Crippen molar-refractivity contribution >= 4 is 27.9 Å². The minimum absolute atomic E-state index is 0.179. The lowest BCUT2D eigenvalue weighted by molar-refractivity contribution is 0.0996. The quantitative estimate of drug-likeness (QED) is 0.655. The summed E-state index contributed by atoms with van der Waals surface area (Å²) in [4.78, 5) is 13.3. The van der Waals surface area contributed by atoms with E-state index in [1.807, 2.05) is 48.7 Å². The second-order valence-corrected chi connectivity index (χ2v) is 5.95. The summed E-state index contributed by atoms with van der Waals surface area (Å²) in [6.07, 6.45) is 0.422. The Hall–Kier alpha value is -2.13. The number of ketones is 1. The number of Topliss-reactive ketones (excluding diaryl/α,β-unsaturated/α-hetero) is 1. The van der Waals surface area contributed by atoms with E-state index in [9.17, 15) is 4.79 Å². The predicted octanol–water partition coefficient (Wildman–Crippen LogP) is 4.64. The van der Waals surface area contributed by atoms with E-state index in [4.69, 9.17) is 4.74 Å². The van der Waals surface area contributed by atoms with Crippen LogP contribution in [-0.2, 0) is 6.42 Å². The number of hydrogen-bond donors (Lipinski definition) is 0. The number of ether oxygens (including phenoxy) is 1. The van der Waals surface area contributed by atoms with Gasteiger partial charge in [0, 0.05) is 6.42 Å². The number of thiophene rings is 1. The molecule has 21 heavy (non-hydrogen) atoms. The van der Waals surface area contributed by atoms with Gasteiger partial charge in [-0.05, 0) is 52.4 Å². The predicted molar refractivity (Wildman–Crippen MR) is 87.6 cm³/mol. The van der Waals surface area contributed by atoms with Gasteiger partial charge in [0.15, 0.2) is 5.78 Å². The summed E-state index contributed by atoms with van der Waals surface area (Å²) < 4.78 is 5.29. The van der Waals surface area contributed by atoms with Gasteiger partial charge in [-0.15, -0.1) is 11.3 Å². The van der Waals surface area contributed by atoms with Crippen LogP contribution in [-0.4, -0.2) is 12.9 Å². The molecule has 3 rings (SSSR count). The summed E-state index contributed by atoms with van der Waals surface area (Å²) in [5.74, 6) is 0.993. The van der Waals surface area contributed by atoms with Crippen LogP contribution >= 0.6 is 11.3 Å². The lowest BCUT2D eigenvalue weighted by Crippen LogP contribution is -2.03. The molecule has 0 aliphatic rings. The maximum absolute atomic E-state index is 12.5. The molecule has 0 aliphatic carbocycles. The fourth-order valence-corrected chi connectivity index (χ4v) is 3.38. The van der Waals surface area contributed by atoms with Crippen molar-refractivity contribution in [2.45, 2.75) is 13.3 Å². The minimum Gasteiger partial charge on any atom is -0.497 e. The van der Waals surface area contributed by atoms with Crippen LogP contribution in [0.15, 0.2) is 47.8 Å². The van der Waals surface area contributed by atoms with E-state index in [1.54, 1.807) is 7.11 Å². The molecule has 0 atom stereocenters. The second kappa shape index (κ2) is 5.70. The number of carbonyl (C=O) groups excluding carboxylic acids is 1. The van der Waals surface area contributed by atoms with Crippen LogP contribution in [0.1, 0.15) is 20.8 Å². The van der Waals surface area contributed by atoms with Crippen molar-refractivity contribution in [3.05, 3.63) is 63.8 Å². The van der Waals surface area contributed by atoms with E-state index < -0.39 is 0 Å². The number of fused-ring (bicyclic) bond motifs is 1. The number of carbonyl (C=O) groups is 1. The molecule has 0 N–H and O–H groups in total. The Labute approximate surface area is 128 Å². The average molecular weight is 296 g/mol. The molecule has 0 spiro atoms. The molecule has 0 radical (unpaired) electrons. The molecule has 1 aromatic heterocycles. The minimum atomic E-state index is 0.179. The molecule has 0 bridgehead atoms. The van der Waals surface area contributed by atoms with Gasteiger partial charge in [-0.25, -0.2) is 0 Å². The summed E-state index contributed by atoms with van der Waals surface area (Å²) in [5, 5.41) is 4.18. The van der Waals surface area contributed by atoms with Crippen molar-refractivity contribution < 1.29 is 9.53 Å². The molecule has 0 fully saturated rings. The standard InChI is InChI=1S/C18H16O2S/c1-12-8-9-21-18(12)17(19)10-14-5-3-4-13-6-7-15(20-2)11-16(13)14/h3-9,11H,10H2,1-2H3. The average Bonchev–Trinajstić information content (AvgIpc) is 2.93. The van der Waals surface area contributed by atoms with Crippen LogP contribution in [0.25, 0.3) is 10.8 Å². The van der Waals surface area contributed by atoms with Gasteiger partial charge in [-0.1, -0.05) is 24.3 Å². The summed E-state index contributed by atoms with van der Waals surface area (Å²) in [7, 11) is 1.66. The molecule has 2 nitrogen and oxygen atoms in total. The molecular formula is C18H16O2S. The molecule has 106 valence electrons. The highest BCUT2D eigenvalue weighted by Gasteiger charge is 2.13. The van der Waals surface area contributed by atoms with Crippen molar-refractivity contribution in [1.82, 2.24) is 0 Å². The second-order valence-electron chi connectivity index (χ2n) is 5.04. The van der Waals surface area contributed by atoms with Crippen LogP contribution in [0.4, 0.5) is 0 Å². The third-order valence-corrected chi connectivity index (χ3v) is 4.70. The summed E-state index contributed by atoms with van der Waals surface area (Å²) in [5.41, 5.74) is 2.10. The van der Waals surface area contributed by atoms with E-state index >= 15 is 0 Å². The number of aryl methyl sites for hydroxylation is 1. The van der Waals surface area contributed by atoms with E-state index in [1.165, 1.54) is 11.3 Å². The van der Waals surface area contributed by atoms with Crippen molar-refractivity contribution in [3.63, 3.8) is 0 Å².